The first-order valence-electron chi connectivity index (χ1n) is 8.46. The van der Waals surface area contributed by atoms with Crippen LogP contribution in [0, 0.1) is 5.82 Å². The van der Waals surface area contributed by atoms with Crippen LogP contribution in [0.15, 0.2) is 48.7 Å². The molecule has 3 rings (SSSR count). The number of aromatic nitrogens is 2. The second-order valence-electron chi connectivity index (χ2n) is 7.17. The lowest BCUT2D eigenvalue weighted by Crippen LogP contribution is -2.34. The van der Waals surface area contributed by atoms with Crippen molar-refractivity contribution >= 4 is 17.1 Å². The summed E-state index contributed by atoms with van der Waals surface area (Å²) in [5.74, 6) is -0.334. The number of halogens is 1. The summed E-state index contributed by atoms with van der Waals surface area (Å²) in [4.78, 5) is 16.6. The van der Waals surface area contributed by atoms with Gasteiger partial charge in [0.15, 0.2) is 0 Å². The molecule has 3 aromatic rings. The van der Waals surface area contributed by atoms with E-state index in [1.807, 2.05) is 50.5 Å². The van der Waals surface area contributed by atoms with Crippen LogP contribution in [-0.2, 0) is 4.74 Å². The van der Waals surface area contributed by atoms with Gasteiger partial charge in [-0.05, 0) is 64.1 Å². The zero-order valence-electron chi connectivity index (χ0n) is 15.3. The molecule has 1 amide bonds. The topological polar surface area (TPSA) is 56.1 Å². The Morgan fingerprint density at radius 2 is 2.00 bits per heavy atom. The fraction of sp³-hybridized carbons (Fsp3) is 0.300. The number of hydrogen-bond acceptors (Lipinski definition) is 3. The molecule has 0 saturated carbocycles. The van der Waals surface area contributed by atoms with E-state index in [2.05, 4.69) is 10.3 Å². The second-order valence-corrected chi connectivity index (χ2v) is 7.17. The molecule has 0 aliphatic rings. The summed E-state index contributed by atoms with van der Waals surface area (Å²) >= 11 is 0. The molecule has 1 unspecified atom stereocenters. The largest absolute Gasteiger partial charge is 0.444 e. The summed E-state index contributed by atoms with van der Waals surface area (Å²) in [7, 11) is 0. The number of alkyl carbamates (subject to hydrolysis) is 1. The molecule has 136 valence electrons. The Bertz CT molecular complexity index is 944. The molecular formula is C20H22FN3O2. The van der Waals surface area contributed by atoms with Gasteiger partial charge in [0, 0.05) is 17.3 Å². The van der Waals surface area contributed by atoms with Gasteiger partial charge in [-0.3, -0.25) is 4.57 Å². The highest BCUT2D eigenvalue weighted by Crippen LogP contribution is 2.27. The predicted molar refractivity (Wildman–Crippen MR) is 98.8 cm³/mol. The van der Waals surface area contributed by atoms with Crippen LogP contribution in [0.1, 0.15) is 39.4 Å². The molecule has 0 radical (unpaired) electrons. The number of rotatable bonds is 3. The van der Waals surface area contributed by atoms with E-state index < -0.39 is 11.7 Å². The van der Waals surface area contributed by atoms with Gasteiger partial charge in [-0.2, -0.15) is 0 Å². The fourth-order valence-corrected chi connectivity index (χ4v) is 2.82. The van der Waals surface area contributed by atoms with Crippen LogP contribution < -0.4 is 5.32 Å². The third kappa shape index (κ3) is 3.85. The number of carbonyl (C=O) groups is 1. The monoisotopic (exact) mass is 355 g/mol. The first-order valence-corrected chi connectivity index (χ1v) is 8.46. The Balaban J connectivity index is 2.03. The van der Waals surface area contributed by atoms with Crippen molar-refractivity contribution < 1.29 is 13.9 Å². The summed E-state index contributed by atoms with van der Waals surface area (Å²) in [6, 6.07) is 11.6. The minimum atomic E-state index is -0.583. The van der Waals surface area contributed by atoms with Crippen molar-refractivity contribution in [2.24, 2.45) is 0 Å². The van der Waals surface area contributed by atoms with Crippen LogP contribution in [0.5, 0.6) is 0 Å². The number of benzene rings is 1. The lowest BCUT2D eigenvalue weighted by molar-refractivity contribution is 0.0506. The highest BCUT2D eigenvalue weighted by Gasteiger charge is 2.22. The number of ether oxygens (including phenoxy) is 1. The van der Waals surface area contributed by atoms with E-state index in [0.29, 0.717) is 11.3 Å². The molecule has 6 heteroatoms. The maximum absolute atomic E-state index is 13.8. The van der Waals surface area contributed by atoms with Gasteiger partial charge in [0.05, 0.1) is 11.7 Å². The molecule has 0 bridgehead atoms. The van der Waals surface area contributed by atoms with Gasteiger partial charge in [0.2, 0.25) is 0 Å². The van der Waals surface area contributed by atoms with Crippen LogP contribution in [0.3, 0.4) is 0 Å². The van der Waals surface area contributed by atoms with Crippen molar-refractivity contribution in [1.82, 2.24) is 14.9 Å². The standard InChI is InChI=1S/C20H22FN3O2/c1-13(23-19(25)26-20(2,3)4)17-11-14-7-6-10-22-18(14)24(17)16-9-5-8-15(21)12-16/h5-13H,1-4H3,(H,23,25). The average molecular weight is 355 g/mol. The summed E-state index contributed by atoms with van der Waals surface area (Å²) in [5.41, 5.74) is 1.55. The fourth-order valence-electron chi connectivity index (χ4n) is 2.82. The van der Waals surface area contributed by atoms with Gasteiger partial charge in [0.25, 0.3) is 0 Å². The summed E-state index contributed by atoms with van der Waals surface area (Å²) in [5, 5.41) is 3.74. The van der Waals surface area contributed by atoms with Crippen LogP contribution in [-0.4, -0.2) is 21.2 Å². The first kappa shape index (κ1) is 17.9. The molecule has 26 heavy (non-hydrogen) atoms. The second kappa shape index (κ2) is 6.78. The summed E-state index contributed by atoms with van der Waals surface area (Å²) < 4.78 is 20.9. The maximum atomic E-state index is 13.8. The minimum Gasteiger partial charge on any atom is -0.444 e. The molecule has 1 aromatic carbocycles. The average Bonchev–Trinajstić information content (AvgIpc) is 2.92. The number of pyridine rings is 1. The van der Waals surface area contributed by atoms with Gasteiger partial charge in [0.1, 0.15) is 17.1 Å². The van der Waals surface area contributed by atoms with Crippen molar-refractivity contribution in [1.29, 1.82) is 0 Å². The Morgan fingerprint density at radius 3 is 2.69 bits per heavy atom. The molecule has 1 atom stereocenters. The maximum Gasteiger partial charge on any atom is 0.408 e. The highest BCUT2D eigenvalue weighted by atomic mass is 19.1. The summed E-state index contributed by atoms with van der Waals surface area (Å²) in [6.45, 7) is 7.29. The van der Waals surface area contributed by atoms with Gasteiger partial charge < -0.3 is 10.1 Å². The van der Waals surface area contributed by atoms with Crippen molar-refractivity contribution in [2.45, 2.75) is 39.3 Å². The van der Waals surface area contributed by atoms with Gasteiger partial charge >= 0.3 is 6.09 Å². The van der Waals surface area contributed by atoms with Crippen molar-refractivity contribution in [3.63, 3.8) is 0 Å². The van der Waals surface area contributed by atoms with Gasteiger partial charge in [-0.1, -0.05) is 6.07 Å². The normalized spacial score (nSPS) is 12.8. The Kier molecular flexibility index (Phi) is 4.68. The molecule has 0 aliphatic carbocycles. The first-order chi connectivity index (χ1) is 12.2. The van der Waals surface area contributed by atoms with E-state index in [0.717, 1.165) is 11.1 Å². The van der Waals surface area contributed by atoms with Crippen molar-refractivity contribution in [3.05, 3.63) is 60.2 Å². The third-order valence-electron chi connectivity index (χ3n) is 3.83. The van der Waals surface area contributed by atoms with Gasteiger partial charge in [-0.15, -0.1) is 0 Å². The van der Waals surface area contributed by atoms with Gasteiger partial charge in [-0.25, -0.2) is 14.2 Å². The zero-order valence-corrected chi connectivity index (χ0v) is 15.3. The number of carbonyl (C=O) groups excluding carboxylic acids is 1. The highest BCUT2D eigenvalue weighted by molar-refractivity contribution is 5.80. The van der Waals surface area contributed by atoms with Crippen molar-refractivity contribution in [2.75, 3.05) is 0 Å². The zero-order chi connectivity index (χ0) is 18.9. The summed E-state index contributed by atoms with van der Waals surface area (Å²) in [6.07, 6.45) is 1.18. The van der Waals surface area contributed by atoms with E-state index in [9.17, 15) is 9.18 Å². The molecule has 0 fully saturated rings. The number of nitrogens with zero attached hydrogens (tertiary/aromatic N) is 2. The Labute approximate surface area is 151 Å². The molecule has 2 heterocycles. The van der Waals surface area contributed by atoms with Crippen LogP contribution in [0.4, 0.5) is 9.18 Å². The minimum absolute atomic E-state index is 0.334. The molecule has 0 aliphatic heterocycles. The van der Waals surface area contributed by atoms with Crippen molar-refractivity contribution in [3.8, 4) is 5.69 Å². The predicted octanol–water partition coefficient (Wildman–Crippen LogP) is 4.75. The Hall–Kier alpha value is -2.89. The molecule has 0 spiro atoms. The van der Waals surface area contributed by atoms with E-state index in [1.165, 1.54) is 12.1 Å². The van der Waals surface area contributed by atoms with Crippen LogP contribution in [0.2, 0.25) is 0 Å². The molecular weight excluding hydrogens is 333 g/mol. The van der Waals surface area contributed by atoms with Crippen LogP contribution >= 0.6 is 0 Å². The lowest BCUT2D eigenvalue weighted by atomic mass is 10.2. The van der Waals surface area contributed by atoms with E-state index in [-0.39, 0.29) is 11.9 Å². The molecule has 5 nitrogen and oxygen atoms in total. The number of nitrogens with one attached hydrogen (secondary N) is 1. The smallest absolute Gasteiger partial charge is 0.408 e. The van der Waals surface area contributed by atoms with E-state index >= 15 is 0 Å². The number of fused-ring (bicyclic) bond motifs is 1. The van der Waals surface area contributed by atoms with E-state index in [4.69, 9.17) is 4.74 Å². The quantitative estimate of drug-likeness (QED) is 0.737. The number of amides is 1. The molecule has 0 saturated heterocycles. The SMILES string of the molecule is CC(NC(=O)OC(C)(C)C)c1cc2cccnc2n1-c1cccc(F)c1. The molecule has 1 N–H and O–H groups in total. The van der Waals surface area contributed by atoms with E-state index in [1.54, 1.807) is 18.3 Å². The lowest BCUT2D eigenvalue weighted by Gasteiger charge is -2.22. The Morgan fingerprint density at radius 1 is 1.23 bits per heavy atom. The molecule has 2 aromatic heterocycles. The third-order valence-corrected chi connectivity index (χ3v) is 3.83. The van der Waals surface area contributed by atoms with Crippen LogP contribution in [0.25, 0.3) is 16.7 Å². The number of hydrogen-bond donors (Lipinski definition) is 1.